The zero-order chi connectivity index (χ0) is 13.9. The van der Waals surface area contributed by atoms with Crippen molar-refractivity contribution in [3.05, 3.63) is 23.8 Å². The van der Waals surface area contributed by atoms with Gasteiger partial charge in [0.05, 0.1) is 23.5 Å². The van der Waals surface area contributed by atoms with Gasteiger partial charge in [0.15, 0.2) is 0 Å². The number of methoxy groups -OCH3 is 1. The molecular formula is C14H21N3O2. The summed E-state index contributed by atoms with van der Waals surface area (Å²) < 4.78 is 5.10. The van der Waals surface area contributed by atoms with Crippen LogP contribution in [0.1, 0.15) is 24.2 Å². The fraction of sp³-hybridized carbons (Fsp3) is 0.500. The number of rotatable bonds is 4. The smallest absolute Gasteiger partial charge is 0.251 e. The summed E-state index contributed by atoms with van der Waals surface area (Å²) in [5.74, 6) is -0.0859. The lowest BCUT2D eigenvalue weighted by Gasteiger charge is -2.26. The summed E-state index contributed by atoms with van der Waals surface area (Å²) in [5.41, 5.74) is 2.29. The average Bonchev–Trinajstić information content (AvgIpc) is 2.37. The molecule has 5 nitrogen and oxygen atoms in total. The van der Waals surface area contributed by atoms with Crippen LogP contribution in [0, 0.1) is 0 Å². The molecule has 5 heteroatoms. The Morgan fingerprint density at radius 2 is 2.00 bits per heavy atom. The summed E-state index contributed by atoms with van der Waals surface area (Å²) in [6, 6.07) is 5.64. The largest absolute Gasteiger partial charge is 0.382 e. The molecule has 0 unspecified atom stereocenters. The van der Waals surface area contributed by atoms with Crippen molar-refractivity contribution in [3.63, 3.8) is 0 Å². The van der Waals surface area contributed by atoms with Crippen LogP contribution in [-0.2, 0) is 4.74 Å². The highest BCUT2D eigenvalue weighted by atomic mass is 16.5. The highest BCUT2D eigenvalue weighted by Gasteiger charge is 2.21. The summed E-state index contributed by atoms with van der Waals surface area (Å²) in [7, 11) is 1.63. The van der Waals surface area contributed by atoms with E-state index in [2.05, 4.69) is 16.0 Å². The Hall–Kier alpha value is -1.75. The summed E-state index contributed by atoms with van der Waals surface area (Å²) in [4.78, 5) is 12.2. The van der Waals surface area contributed by atoms with Gasteiger partial charge < -0.3 is 20.7 Å². The van der Waals surface area contributed by atoms with E-state index in [1.807, 2.05) is 32.0 Å². The minimum Gasteiger partial charge on any atom is -0.382 e. The van der Waals surface area contributed by atoms with E-state index in [4.69, 9.17) is 4.74 Å². The Morgan fingerprint density at radius 3 is 2.68 bits per heavy atom. The van der Waals surface area contributed by atoms with Gasteiger partial charge in [-0.15, -0.1) is 0 Å². The van der Waals surface area contributed by atoms with Gasteiger partial charge in [-0.25, -0.2) is 0 Å². The predicted octanol–water partition coefficient (Wildman–Crippen LogP) is 1.68. The standard InChI is InChI=1S/C14H21N3O2/c1-14(2,9-19-3)17-13(18)10-4-5-11-12(8-10)16-7-6-15-11/h4-5,8,15-16H,6-7,9H2,1-3H3,(H,17,18). The van der Waals surface area contributed by atoms with Gasteiger partial charge in [0.2, 0.25) is 0 Å². The van der Waals surface area contributed by atoms with Crippen LogP contribution in [0.5, 0.6) is 0 Å². The monoisotopic (exact) mass is 263 g/mol. The molecule has 2 rings (SSSR count). The maximum Gasteiger partial charge on any atom is 0.251 e. The van der Waals surface area contributed by atoms with Crippen LogP contribution in [0.25, 0.3) is 0 Å². The van der Waals surface area contributed by atoms with Crippen molar-refractivity contribution in [1.82, 2.24) is 5.32 Å². The Balaban J connectivity index is 2.11. The van der Waals surface area contributed by atoms with E-state index in [1.165, 1.54) is 0 Å². The van der Waals surface area contributed by atoms with Gasteiger partial charge in [0.1, 0.15) is 0 Å². The van der Waals surface area contributed by atoms with E-state index in [0.29, 0.717) is 12.2 Å². The lowest BCUT2D eigenvalue weighted by Crippen LogP contribution is -2.46. The van der Waals surface area contributed by atoms with Crippen molar-refractivity contribution in [1.29, 1.82) is 0 Å². The molecule has 1 aromatic rings. The molecule has 1 amide bonds. The minimum absolute atomic E-state index is 0.0859. The maximum atomic E-state index is 12.2. The van der Waals surface area contributed by atoms with Crippen LogP contribution in [0.2, 0.25) is 0 Å². The van der Waals surface area contributed by atoms with E-state index in [9.17, 15) is 4.79 Å². The van der Waals surface area contributed by atoms with Crippen molar-refractivity contribution < 1.29 is 9.53 Å². The van der Waals surface area contributed by atoms with Crippen LogP contribution in [-0.4, -0.2) is 38.3 Å². The maximum absolute atomic E-state index is 12.2. The molecule has 0 aliphatic carbocycles. The summed E-state index contributed by atoms with van der Waals surface area (Å²) >= 11 is 0. The van der Waals surface area contributed by atoms with Crippen LogP contribution >= 0.6 is 0 Å². The van der Waals surface area contributed by atoms with E-state index < -0.39 is 0 Å². The fourth-order valence-corrected chi connectivity index (χ4v) is 2.16. The third-order valence-electron chi connectivity index (χ3n) is 2.99. The number of nitrogens with one attached hydrogen (secondary N) is 3. The second-order valence-electron chi connectivity index (χ2n) is 5.38. The molecule has 19 heavy (non-hydrogen) atoms. The Morgan fingerprint density at radius 1 is 1.32 bits per heavy atom. The van der Waals surface area contributed by atoms with Crippen LogP contribution in [0.15, 0.2) is 18.2 Å². The molecule has 0 saturated heterocycles. The zero-order valence-electron chi connectivity index (χ0n) is 11.7. The first-order valence-electron chi connectivity index (χ1n) is 6.45. The first-order chi connectivity index (χ1) is 9.02. The molecule has 0 atom stereocenters. The molecule has 0 aromatic heterocycles. The van der Waals surface area contributed by atoms with Crippen molar-refractivity contribution in [2.45, 2.75) is 19.4 Å². The van der Waals surface area contributed by atoms with Gasteiger partial charge in [-0.1, -0.05) is 0 Å². The number of anilines is 2. The third kappa shape index (κ3) is 3.38. The first kappa shape index (κ1) is 13.7. The number of fused-ring (bicyclic) bond motifs is 1. The van der Waals surface area contributed by atoms with Crippen LogP contribution < -0.4 is 16.0 Å². The van der Waals surface area contributed by atoms with Crippen LogP contribution in [0.3, 0.4) is 0 Å². The molecule has 104 valence electrons. The minimum atomic E-state index is -0.382. The zero-order valence-corrected chi connectivity index (χ0v) is 11.7. The normalized spacial score (nSPS) is 14.1. The fourth-order valence-electron chi connectivity index (χ4n) is 2.16. The molecule has 1 aliphatic rings. The second kappa shape index (κ2) is 5.48. The molecule has 1 heterocycles. The number of amides is 1. The van der Waals surface area contributed by atoms with E-state index in [-0.39, 0.29) is 11.4 Å². The van der Waals surface area contributed by atoms with Gasteiger partial charge >= 0.3 is 0 Å². The van der Waals surface area contributed by atoms with Gasteiger partial charge in [-0.2, -0.15) is 0 Å². The predicted molar refractivity (Wildman–Crippen MR) is 76.8 cm³/mol. The van der Waals surface area contributed by atoms with E-state index in [1.54, 1.807) is 7.11 Å². The average molecular weight is 263 g/mol. The Labute approximate surface area is 113 Å². The SMILES string of the molecule is COCC(C)(C)NC(=O)c1ccc2c(c1)NCCN2. The highest BCUT2D eigenvalue weighted by Crippen LogP contribution is 2.25. The number of carbonyl (C=O) groups excluding carboxylic acids is 1. The topological polar surface area (TPSA) is 62.4 Å². The molecule has 0 spiro atoms. The summed E-state index contributed by atoms with van der Waals surface area (Å²) in [6.45, 7) is 6.12. The number of hydrogen-bond donors (Lipinski definition) is 3. The van der Waals surface area contributed by atoms with Gasteiger partial charge in [-0.05, 0) is 32.0 Å². The van der Waals surface area contributed by atoms with Crippen molar-refractivity contribution >= 4 is 17.3 Å². The second-order valence-corrected chi connectivity index (χ2v) is 5.38. The molecule has 0 saturated carbocycles. The first-order valence-corrected chi connectivity index (χ1v) is 6.45. The van der Waals surface area contributed by atoms with Crippen molar-refractivity contribution in [3.8, 4) is 0 Å². The van der Waals surface area contributed by atoms with Crippen molar-refractivity contribution in [2.75, 3.05) is 37.4 Å². The summed E-state index contributed by atoms with van der Waals surface area (Å²) in [6.07, 6.45) is 0. The van der Waals surface area contributed by atoms with Gasteiger partial charge in [0, 0.05) is 25.8 Å². The molecule has 1 aromatic carbocycles. The molecule has 0 radical (unpaired) electrons. The van der Waals surface area contributed by atoms with Gasteiger partial charge in [-0.3, -0.25) is 4.79 Å². The molecule has 0 fully saturated rings. The van der Waals surface area contributed by atoms with Gasteiger partial charge in [0.25, 0.3) is 5.91 Å². The van der Waals surface area contributed by atoms with Crippen molar-refractivity contribution in [2.24, 2.45) is 0 Å². The number of carbonyl (C=O) groups is 1. The molecule has 0 bridgehead atoms. The van der Waals surface area contributed by atoms with Crippen LogP contribution in [0.4, 0.5) is 11.4 Å². The lowest BCUT2D eigenvalue weighted by atomic mass is 10.1. The van der Waals surface area contributed by atoms with E-state index in [0.717, 1.165) is 24.5 Å². The molecular weight excluding hydrogens is 242 g/mol. The number of benzene rings is 1. The summed E-state index contributed by atoms with van der Waals surface area (Å²) in [5, 5.41) is 9.53. The Kier molecular flexibility index (Phi) is 3.95. The molecule has 3 N–H and O–H groups in total. The highest BCUT2D eigenvalue weighted by molar-refractivity contribution is 5.96. The van der Waals surface area contributed by atoms with E-state index >= 15 is 0 Å². The number of ether oxygens (including phenoxy) is 1. The quantitative estimate of drug-likeness (QED) is 0.773. The third-order valence-corrected chi connectivity index (χ3v) is 2.99. The number of hydrogen-bond acceptors (Lipinski definition) is 4. The lowest BCUT2D eigenvalue weighted by molar-refractivity contribution is 0.0820. The molecule has 1 aliphatic heterocycles. The Bertz CT molecular complexity index is 472.